The topological polar surface area (TPSA) is 85.3 Å². The zero-order valence-corrected chi connectivity index (χ0v) is 12.6. The largest absolute Gasteiger partial charge is 0.494 e. The maximum atomic E-state index is 5.10. The fraction of sp³-hybridized carbons (Fsp3) is 0.429. The van der Waals surface area contributed by atoms with Crippen molar-refractivity contribution in [2.24, 2.45) is 0 Å². The molecule has 8 nitrogen and oxygen atoms in total. The third-order valence-corrected chi connectivity index (χ3v) is 3.52. The van der Waals surface area contributed by atoms with E-state index in [1.807, 2.05) is 0 Å². The van der Waals surface area contributed by atoms with Gasteiger partial charge in [0, 0.05) is 25.2 Å². The van der Waals surface area contributed by atoms with Crippen molar-refractivity contribution in [2.45, 2.75) is 12.5 Å². The van der Waals surface area contributed by atoms with Crippen molar-refractivity contribution in [3.63, 3.8) is 0 Å². The van der Waals surface area contributed by atoms with Gasteiger partial charge in [0.05, 0.1) is 26.6 Å². The Morgan fingerprint density at radius 1 is 1.14 bits per heavy atom. The molecule has 116 valence electrons. The molecule has 0 aromatic carbocycles. The third kappa shape index (κ3) is 3.16. The zero-order valence-electron chi connectivity index (χ0n) is 12.6. The molecule has 0 amide bonds. The highest BCUT2D eigenvalue weighted by Gasteiger charge is 2.24. The predicted octanol–water partition coefficient (Wildman–Crippen LogP) is 0.975. The summed E-state index contributed by atoms with van der Waals surface area (Å²) >= 11 is 0. The van der Waals surface area contributed by atoms with Gasteiger partial charge in [-0.3, -0.25) is 0 Å². The number of nitrogens with one attached hydrogen (secondary N) is 1. The number of rotatable bonds is 5. The van der Waals surface area contributed by atoms with Crippen LogP contribution < -0.4 is 19.7 Å². The molecule has 0 bridgehead atoms. The van der Waals surface area contributed by atoms with Gasteiger partial charge in [-0.25, -0.2) is 19.9 Å². The second-order valence-electron chi connectivity index (χ2n) is 4.94. The first-order chi connectivity index (χ1) is 10.8. The number of ether oxygens (including phenoxy) is 2. The van der Waals surface area contributed by atoms with Crippen LogP contribution in [0, 0.1) is 0 Å². The van der Waals surface area contributed by atoms with Gasteiger partial charge in [-0.05, 0) is 6.42 Å². The van der Waals surface area contributed by atoms with E-state index in [9.17, 15) is 0 Å². The number of aromatic nitrogens is 4. The first-order valence-corrected chi connectivity index (χ1v) is 7.02. The van der Waals surface area contributed by atoms with E-state index in [2.05, 4.69) is 30.2 Å². The van der Waals surface area contributed by atoms with Crippen molar-refractivity contribution in [1.29, 1.82) is 0 Å². The Kier molecular flexibility index (Phi) is 4.17. The molecular weight excluding hydrogens is 284 g/mol. The molecule has 1 fully saturated rings. The van der Waals surface area contributed by atoms with Crippen molar-refractivity contribution in [3.8, 4) is 11.6 Å². The van der Waals surface area contributed by atoms with Crippen molar-refractivity contribution < 1.29 is 9.47 Å². The number of nitrogens with zero attached hydrogens (tertiary/aromatic N) is 5. The van der Waals surface area contributed by atoms with Gasteiger partial charge in [-0.15, -0.1) is 0 Å². The predicted molar refractivity (Wildman–Crippen MR) is 81.4 cm³/mol. The molecule has 1 saturated heterocycles. The molecule has 0 radical (unpaired) electrons. The molecule has 0 spiro atoms. The quantitative estimate of drug-likeness (QED) is 0.874. The molecular formula is C14H18N6O2. The van der Waals surface area contributed by atoms with Crippen LogP contribution in [0.5, 0.6) is 11.6 Å². The molecule has 3 rings (SSSR count). The van der Waals surface area contributed by atoms with Gasteiger partial charge in [-0.1, -0.05) is 0 Å². The molecule has 1 aliphatic heterocycles. The second-order valence-corrected chi connectivity index (χ2v) is 4.94. The lowest BCUT2D eigenvalue weighted by molar-refractivity contribution is 0.397. The number of anilines is 2. The summed E-state index contributed by atoms with van der Waals surface area (Å²) in [5.74, 6) is 2.68. The Bertz CT molecular complexity index is 621. The Hall–Kier alpha value is -2.64. The van der Waals surface area contributed by atoms with Crippen LogP contribution in [0.25, 0.3) is 0 Å². The van der Waals surface area contributed by atoms with Gasteiger partial charge in [0.25, 0.3) is 0 Å². The summed E-state index contributed by atoms with van der Waals surface area (Å²) in [6, 6.07) is 2.07. The molecule has 2 aromatic rings. The summed E-state index contributed by atoms with van der Waals surface area (Å²) in [7, 11) is 3.19. The SMILES string of the molecule is COc1cnc(N2CCC(Nc3cc(OC)ncn3)C2)nc1. The molecule has 1 N–H and O–H groups in total. The minimum Gasteiger partial charge on any atom is -0.494 e. The van der Waals surface area contributed by atoms with Crippen LogP contribution >= 0.6 is 0 Å². The van der Waals surface area contributed by atoms with Gasteiger partial charge in [0.1, 0.15) is 12.1 Å². The van der Waals surface area contributed by atoms with Gasteiger partial charge in [-0.2, -0.15) is 0 Å². The van der Waals surface area contributed by atoms with E-state index < -0.39 is 0 Å². The first-order valence-electron chi connectivity index (χ1n) is 7.02. The minimum atomic E-state index is 0.283. The van der Waals surface area contributed by atoms with Crippen LogP contribution in [0.2, 0.25) is 0 Å². The molecule has 1 atom stereocenters. The Labute approximate surface area is 128 Å². The zero-order chi connectivity index (χ0) is 15.4. The van der Waals surface area contributed by atoms with Crippen LogP contribution in [0.1, 0.15) is 6.42 Å². The molecule has 22 heavy (non-hydrogen) atoms. The van der Waals surface area contributed by atoms with Crippen LogP contribution in [-0.2, 0) is 0 Å². The molecule has 3 heterocycles. The average molecular weight is 302 g/mol. The van der Waals surface area contributed by atoms with E-state index in [0.29, 0.717) is 17.6 Å². The third-order valence-electron chi connectivity index (χ3n) is 3.52. The molecule has 8 heteroatoms. The van der Waals surface area contributed by atoms with Gasteiger partial charge in [0.2, 0.25) is 11.8 Å². The molecule has 1 aliphatic rings. The smallest absolute Gasteiger partial charge is 0.225 e. The van der Waals surface area contributed by atoms with Crippen molar-refractivity contribution >= 4 is 11.8 Å². The summed E-state index contributed by atoms with van der Waals surface area (Å²) in [5.41, 5.74) is 0. The average Bonchev–Trinajstić information content (AvgIpc) is 3.03. The molecule has 1 unspecified atom stereocenters. The summed E-state index contributed by atoms with van der Waals surface area (Å²) in [5, 5.41) is 3.38. The number of hydrogen-bond donors (Lipinski definition) is 1. The van der Waals surface area contributed by atoms with E-state index in [1.54, 1.807) is 32.7 Å². The van der Waals surface area contributed by atoms with E-state index >= 15 is 0 Å². The van der Waals surface area contributed by atoms with Crippen molar-refractivity contribution in [2.75, 3.05) is 37.5 Å². The van der Waals surface area contributed by atoms with Crippen LogP contribution in [-0.4, -0.2) is 53.3 Å². The second kappa shape index (κ2) is 6.42. The molecule has 0 aliphatic carbocycles. The van der Waals surface area contributed by atoms with E-state index in [4.69, 9.17) is 9.47 Å². The highest BCUT2D eigenvalue weighted by Crippen LogP contribution is 2.20. The minimum absolute atomic E-state index is 0.283. The maximum absolute atomic E-state index is 5.10. The standard InChI is InChI=1S/C14H18N6O2/c1-21-11-6-15-14(16-7-11)20-4-3-10(8-20)19-12-5-13(22-2)18-9-17-12/h5-7,9-10H,3-4,8H2,1-2H3,(H,17,18,19). The fourth-order valence-electron chi connectivity index (χ4n) is 2.38. The van der Waals surface area contributed by atoms with Gasteiger partial charge in [0.15, 0.2) is 5.75 Å². The monoisotopic (exact) mass is 302 g/mol. The Balaban J connectivity index is 1.61. The first kappa shape index (κ1) is 14.3. The highest BCUT2D eigenvalue weighted by molar-refractivity contribution is 5.41. The number of methoxy groups -OCH3 is 2. The lowest BCUT2D eigenvalue weighted by Gasteiger charge is -2.17. The summed E-state index contributed by atoms with van der Waals surface area (Å²) in [4.78, 5) is 19.0. The van der Waals surface area contributed by atoms with Gasteiger partial charge < -0.3 is 19.7 Å². The van der Waals surface area contributed by atoms with Crippen molar-refractivity contribution in [3.05, 3.63) is 24.8 Å². The normalized spacial score (nSPS) is 17.4. The summed E-state index contributed by atoms with van der Waals surface area (Å²) in [6.45, 7) is 1.71. The summed E-state index contributed by atoms with van der Waals surface area (Å²) in [6.07, 6.45) is 5.83. The molecule has 2 aromatic heterocycles. The van der Waals surface area contributed by atoms with E-state index in [-0.39, 0.29) is 6.04 Å². The van der Waals surface area contributed by atoms with Gasteiger partial charge >= 0.3 is 0 Å². The Morgan fingerprint density at radius 2 is 1.95 bits per heavy atom. The maximum Gasteiger partial charge on any atom is 0.225 e. The molecule has 0 saturated carbocycles. The lowest BCUT2D eigenvalue weighted by atomic mass is 10.2. The van der Waals surface area contributed by atoms with Crippen LogP contribution in [0.4, 0.5) is 11.8 Å². The van der Waals surface area contributed by atoms with Crippen LogP contribution in [0.3, 0.4) is 0 Å². The van der Waals surface area contributed by atoms with Crippen LogP contribution in [0.15, 0.2) is 24.8 Å². The summed E-state index contributed by atoms with van der Waals surface area (Å²) < 4.78 is 10.2. The Morgan fingerprint density at radius 3 is 2.68 bits per heavy atom. The fourth-order valence-corrected chi connectivity index (χ4v) is 2.38. The van der Waals surface area contributed by atoms with E-state index in [1.165, 1.54) is 6.33 Å². The highest BCUT2D eigenvalue weighted by atomic mass is 16.5. The van der Waals surface area contributed by atoms with Crippen molar-refractivity contribution in [1.82, 2.24) is 19.9 Å². The lowest BCUT2D eigenvalue weighted by Crippen LogP contribution is -2.27. The van der Waals surface area contributed by atoms with E-state index in [0.717, 1.165) is 25.3 Å². The number of hydrogen-bond acceptors (Lipinski definition) is 8.